The van der Waals surface area contributed by atoms with Crippen LogP contribution in [0.1, 0.15) is 16.3 Å². The Kier molecular flexibility index (Phi) is 4.12. The van der Waals surface area contributed by atoms with Gasteiger partial charge >= 0.3 is 0 Å². The van der Waals surface area contributed by atoms with E-state index in [0.29, 0.717) is 6.61 Å². The smallest absolute Gasteiger partial charge is 0.0898 e. The molecule has 0 bridgehead atoms. The average molecular weight is 248 g/mol. The van der Waals surface area contributed by atoms with Gasteiger partial charge in [-0.1, -0.05) is 18.2 Å². The highest BCUT2D eigenvalue weighted by molar-refractivity contribution is 7.09. The van der Waals surface area contributed by atoms with Crippen LogP contribution in [-0.2, 0) is 17.9 Å². The Morgan fingerprint density at radius 1 is 1.35 bits per heavy atom. The van der Waals surface area contributed by atoms with Crippen molar-refractivity contribution in [1.82, 2.24) is 4.98 Å². The molecule has 0 atom stereocenters. The number of nitrogens with zero attached hydrogens (tertiary/aromatic N) is 1. The fourth-order valence-electron chi connectivity index (χ4n) is 1.65. The fourth-order valence-corrected chi connectivity index (χ4v) is 2.26. The summed E-state index contributed by atoms with van der Waals surface area (Å²) in [6.45, 7) is 3.40. The molecule has 17 heavy (non-hydrogen) atoms. The highest BCUT2D eigenvalue weighted by Crippen LogP contribution is 2.17. The zero-order valence-corrected chi connectivity index (χ0v) is 10.9. The summed E-state index contributed by atoms with van der Waals surface area (Å²) in [4.78, 5) is 4.43. The first-order valence-corrected chi connectivity index (χ1v) is 6.39. The lowest BCUT2D eigenvalue weighted by molar-refractivity contribution is 0.185. The van der Waals surface area contributed by atoms with Crippen LogP contribution in [0.2, 0.25) is 0 Å². The molecule has 90 valence electrons. The first kappa shape index (κ1) is 12.1. The molecule has 0 saturated heterocycles. The summed E-state index contributed by atoms with van der Waals surface area (Å²) in [6, 6.07) is 8.17. The van der Waals surface area contributed by atoms with Crippen molar-refractivity contribution in [2.24, 2.45) is 0 Å². The highest BCUT2D eigenvalue weighted by Gasteiger charge is 2.02. The number of aromatic nitrogens is 1. The number of thiazole rings is 1. The molecule has 0 saturated carbocycles. The number of benzene rings is 1. The van der Waals surface area contributed by atoms with Gasteiger partial charge in [-0.3, -0.25) is 0 Å². The van der Waals surface area contributed by atoms with E-state index in [9.17, 15) is 0 Å². The molecule has 1 heterocycles. The van der Waals surface area contributed by atoms with Gasteiger partial charge in [-0.15, -0.1) is 11.3 Å². The van der Waals surface area contributed by atoms with Crippen molar-refractivity contribution in [3.63, 3.8) is 0 Å². The normalized spacial score (nSPS) is 10.5. The van der Waals surface area contributed by atoms with Crippen LogP contribution >= 0.6 is 11.3 Å². The van der Waals surface area contributed by atoms with Crippen LogP contribution in [0.5, 0.6) is 0 Å². The van der Waals surface area contributed by atoms with Crippen molar-refractivity contribution in [2.45, 2.75) is 20.1 Å². The summed E-state index contributed by atoms with van der Waals surface area (Å²) in [5, 5.41) is 6.58. The second-order valence-corrected chi connectivity index (χ2v) is 4.86. The molecular formula is C13H16N2OS. The number of nitrogens with one attached hydrogen (secondary N) is 1. The SMILES string of the molecule is COCc1ccccc1NCc1csc(C)n1. The number of rotatable bonds is 5. The van der Waals surface area contributed by atoms with Crippen molar-refractivity contribution < 1.29 is 4.74 Å². The van der Waals surface area contributed by atoms with Gasteiger partial charge in [0, 0.05) is 23.7 Å². The standard InChI is InChI=1S/C13H16N2OS/c1-10-15-12(9-17-10)7-14-13-6-4-3-5-11(13)8-16-2/h3-6,9,14H,7-8H2,1-2H3. The van der Waals surface area contributed by atoms with Crippen molar-refractivity contribution >= 4 is 17.0 Å². The molecule has 0 aliphatic rings. The van der Waals surface area contributed by atoms with Gasteiger partial charge in [0.05, 0.1) is 23.9 Å². The van der Waals surface area contributed by atoms with Gasteiger partial charge in [0.2, 0.25) is 0 Å². The number of hydrogen-bond donors (Lipinski definition) is 1. The highest BCUT2D eigenvalue weighted by atomic mass is 32.1. The van der Waals surface area contributed by atoms with E-state index in [-0.39, 0.29) is 0 Å². The topological polar surface area (TPSA) is 34.1 Å². The minimum absolute atomic E-state index is 0.624. The molecule has 4 heteroatoms. The third-order valence-electron chi connectivity index (χ3n) is 2.44. The Morgan fingerprint density at radius 3 is 2.88 bits per heavy atom. The summed E-state index contributed by atoms with van der Waals surface area (Å²) >= 11 is 1.68. The molecule has 0 spiro atoms. The molecular weight excluding hydrogens is 232 g/mol. The summed E-state index contributed by atoms with van der Waals surface area (Å²) in [5.74, 6) is 0. The largest absolute Gasteiger partial charge is 0.380 e. The van der Waals surface area contributed by atoms with Crippen LogP contribution in [0, 0.1) is 6.92 Å². The predicted octanol–water partition coefficient (Wildman–Crippen LogP) is 3.21. The Labute approximate surface area is 105 Å². The van der Waals surface area contributed by atoms with Crippen LogP contribution in [0.3, 0.4) is 0 Å². The maximum Gasteiger partial charge on any atom is 0.0898 e. The van der Waals surface area contributed by atoms with E-state index in [1.807, 2.05) is 19.1 Å². The first-order valence-electron chi connectivity index (χ1n) is 5.51. The van der Waals surface area contributed by atoms with Gasteiger partial charge in [0.15, 0.2) is 0 Å². The minimum atomic E-state index is 0.624. The van der Waals surface area contributed by atoms with Crippen molar-refractivity contribution in [3.05, 3.63) is 45.9 Å². The molecule has 0 aliphatic heterocycles. The van der Waals surface area contributed by atoms with Gasteiger partial charge in [-0.2, -0.15) is 0 Å². The van der Waals surface area contributed by atoms with Crippen LogP contribution in [0.4, 0.5) is 5.69 Å². The van der Waals surface area contributed by atoms with Crippen molar-refractivity contribution in [1.29, 1.82) is 0 Å². The quantitative estimate of drug-likeness (QED) is 0.882. The van der Waals surface area contributed by atoms with Crippen LogP contribution in [0.15, 0.2) is 29.6 Å². The molecule has 0 radical (unpaired) electrons. The summed E-state index contributed by atoms with van der Waals surface area (Å²) in [7, 11) is 1.71. The third-order valence-corrected chi connectivity index (χ3v) is 3.27. The zero-order valence-electron chi connectivity index (χ0n) is 10.1. The van der Waals surface area contributed by atoms with Crippen molar-refractivity contribution in [2.75, 3.05) is 12.4 Å². The summed E-state index contributed by atoms with van der Waals surface area (Å²) in [5.41, 5.74) is 3.36. The number of methoxy groups -OCH3 is 1. The van der Waals surface area contributed by atoms with E-state index in [2.05, 4.69) is 27.8 Å². The number of ether oxygens (including phenoxy) is 1. The van der Waals surface area contributed by atoms with E-state index in [4.69, 9.17) is 4.74 Å². The predicted molar refractivity (Wildman–Crippen MR) is 71.3 cm³/mol. The third kappa shape index (κ3) is 3.28. The van der Waals surface area contributed by atoms with Crippen LogP contribution in [-0.4, -0.2) is 12.1 Å². The Balaban J connectivity index is 2.03. The van der Waals surface area contributed by atoms with Crippen LogP contribution in [0.25, 0.3) is 0 Å². The monoisotopic (exact) mass is 248 g/mol. The second kappa shape index (κ2) is 5.80. The maximum absolute atomic E-state index is 5.17. The molecule has 0 fully saturated rings. The lowest BCUT2D eigenvalue weighted by Gasteiger charge is -2.10. The molecule has 0 unspecified atom stereocenters. The van der Waals surface area contributed by atoms with Gasteiger partial charge in [-0.25, -0.2) is 4.98 Å². The second-order valence-electron chi connectivity index (χ2n) is 3.80. The van der Waals surface area contributed by atoms with E-state index in [1.54, 1.807) is 18.4 Å². The molecule has 1 N–H and O–H groups in total. The van der Waals surface area contributed by atoms with Crippen molar-refractivity contribution in [3.8, 4) is 0 Å². The first-order chi connectivity index (χ1) is 8.29. The summed E-state index contributed by atoms with van der Waals surface area (Å²) < 4.78 is 5.17. The molecule has 2 aromatic rings. The van der Waals surface area contributed by atoms with Gasteiger partial charge in [0.25, 0.3) is 0 Å². The summed E-state index contributed by atoms with van der Waals surface area (Å²) in [6.07, 6.45) is 0. The lowest BCUT2D eigenvalue weighted by atomic mass is 10.2. The van der Waals surface area contributed by atoms with Gasteiger partial charge in [-0.05, 0) is 13.0 Å². The minimum Gasteiger partial charge on any atom is -0.380 e. The molecule has 0 amide bonds. The molecule has 3 nitrogen and oxygen atoms in total. The Morgan fingerprint density at radius 2 is 2.18 bits per heavy atom. The molecule has 0 aliphatic carbocycles. The molecule has 1 aromatic heterocycles. The Hall–Kier alpha value is -1.39. The lowest BCUT2D eigenvalue weighted by Crippen LogP contribution is -2.03. The molecule has 2 rings (SSSR count). The number of anilines is 1. The zero-order chi connectivity index (χ0) is 12.1. The number of hydrogen-bond acceptors (Lipinski definition) is 4. The maximum atomic E-state index is 5.17. The van der Waals surface area contributed by atoms with Crippen LogP contribution < -0.4 is 5.32 Å². The average Bonchev–Trinajstić information content (AvgIpc) is 2.74. The number of aryl methyl sites for hydroxylation is 1. The fraction of sp³-hybridized carbons (Fsp3) is 0.308. The van der Waals surface area contributed by atoms with E-state index >= 15 is 0 Å². The van der Waals surface area contributed by atoms with E-state index < -0.39 is 0 Å². The van der Waals surface area contributed by atoms with E-state index in [0.717, 1.165) is 22.9 Å². The van der Waals surface area contributed by atoms with E-state index in [1.165, 1.54) is 5.56 Å². The molecule has 1 aromatic carbocycles. The number of para-hydroxylation sites is 1. The Bertz CT molecular complexity index is 482. The van der Waals surface area contributed by atoms with Gasteiger partial charge < -0.3 is 10.1 Å². The van der Waals surface area contributed by atoms with Gasteiger partial charge in [0.1, 0.15) is 0 Å².